The number of allylic oxidation sites excluding steroid dienone is 1. The van der Waals surface area contributed by atoms with Gasteiger partial charge in [-0.3, -0.25) is 0 Å². The number of halogens is 1. The van der Waals surface area contributed by atoms with Gasteiger partial charge in [0.1, 0.15) is 6.29 Å². The third kappa shape index (κ3) is 2.25. The second-order valence-electron chi connectivity index (χ2n) is 6.16. The molecule has 17 heavy (non-hydrogen) atoms. The van der Waals surface area contributed by atoms with Crippen molar-refractivity contribution >= 4 is 22.2 Å². The summed E-state index contributed by atoms with van der Waals surface area (Å²) in [5.41, 5.74) is 2.06. The van der Waals surface area contributed by atoms with Crippen molar-refractivity contribution in [1.82, 2.24) is 0 Å². The molecule has 0 amide bonds. The van der Waals surface area contributed by atoms with Crippen LogP contribution in [-0.2, 0) is 4.79 Å². The first-order chi connectivity index (χ1) is 8.13. The van der Waals surface area contributed by atoms with Crippen LogP contribution in [0.5, 0.6) is 0 Å². The smallest absolute Gasteiger partial charge is 0.120 e. The minimum atomic E-state index is 0.445. The molecule has 1 unspecified atom stereocenters. The zero-order chi connectivity index (χ0) is 12.5. The van der Waals surface area contributed by atoms with E-state index in [0.717, 1.165) is 24.5 Å². The lowest BCUT2D eigenvalue weighted by Crippen LogP contribution is -2.36. The van der Waals surface area contributed by atoms with Gasteiger partial charge in [-0.15, -0.1) is 0 Å². The monoisotopic (exact) mass is 298 g/mol. The number of hydrogen-bond acceptors (Lipinski definition) is 1. The molecule has 0 aromatic heterocycles. The topological polar surface area (TPSA) is 17.1 Å². The Kier molecular flexibility index (Phi) is 4.12. The zero-order valence-electron chi connectivity index (χ0n) is 10.9. The summed E-state index contributed by atoms with van der Waals surface area (Å²) in [4.78, 5) is 12.9. The van der Waals surface area contributed by atoms with Crippen molar-refractivity contribution in [2.45, 2.75) is 52.4 Å². The van der Waals surface area contributed by atoms with E-state index in [2.05, 4.69) is 34.8 Å². The predicted molar refractivity (Wildman–Crippen MR) is 75.0 cm³/mol. The summed E-state index contributed by atoms with van der Waals surface area (Å²) in [6.07, 6.45) is 8.39. The van der Waals surface area contributed by atoms with Gasteiger partial charge in [0.2, 0.25) is 0 Å². The molecule has 4 atom stereocenters. The predicted octanol–water partition coefficient (Wildman–Crippen LogP) is 4.71. The molecule has 2 aliphatic rings. The van der Waals surface area contributed by atoms with E-state index in [4.69, 9.17) is 0 Å². The van der Waals surface area contributed by atoms with E-state index >= 15 is 0 Å². The lowest BCUT2D eigenvalue weighted by Gasteiger charge is -2.44. The Labute approximate surface area is 113 Å². The molecule has 0 radical (unpaired) electrons. The van der Waals surface area contributed by atoms with Gasteiger partial charge in [0.25, 0.3) is 0 Å². The van der Waals surface area contributed by atoms with Crippen LogP contribution in [0.4, 0.5) is 0 Å². The van der Waals surface area contributed by atoms with Gasteiger partial charge in [-0.1, -0.05) is 35.4 Å². The Morgan fingerprint density at radius 1 is 1.53 bits per heavy atom. The summed E-state index contributed by atoms with van der Waals surface area (Å²) in [5.74, 6) is 2.05. The molecular weight excluding hydrogens is 276 g/mol. The lowest BCUT2D eigenvalue weighted by atomic mass is 9.61. The molecule has 0 saturated heterocycles. The van der Waals surface area contributed by atoms with E-state index in [1.807, 2.05) is 0 Å². The molecule has 0 bridgehead atoms. The molecule has 2 rings (SSSR count). The van der Waals surface area contributed by atoms with Gasteiger partial charge in [-0.25, -0.2) is 0 Å². The molecule has 2 heteroatoms. The van der Waals surface area contributed by atoms with Crippen molar-refractivity contribution in [3.8, 4) is 0 Å². The SMILES string of the molecule is C[C@H](CC=O)[C@H]1CCC2C(=CBr)CCC[C@]21C. The minimum Gasteiger partial charge on any atom is -0.303 e. The number of rotatable bonds is 3. The fourth-order valence-corrected chi connectivity index (χ4v) is 5.01. The van der Waals surface area contributed by atoms with Crippen LogP contribution in [-0.4, -0.2) is 6.29 Å². The molecule has 0 aliphatic heterocycles. The molecule has 0 aromatic rings. The van der Waals surface area contributed by atoms with Gasteiger partial charge in [0.15, 0.2) is 0 Å². The number of fused-ring (bicyclic) bond motifs is 1. The average molecular weight is 299 g/mol. The van der Waals surface area contributed by atoms with Gasteiger partial charge in [0.05, 0.1) is 0 Å². The molecule has 1 nitrogen and oxygen atoms in total. The fourth-order valence-electron chi connectivity index (χ4n) is 4.46. The molecule has 0 aromatic carbocycles. The van der Waals surface area contributed by atoms with Crippen LogP contribution in [0, 0.1) is 23.2 Å². The second kappa shape index (κ2) is 5.26. The highest BCUT2D eigenvalue weighted by Crippen LogP contribution is 2.59. The normalized spacial score (nSPS) is 41.2. The maximum atomic E-state index is 10.7. The highest BCUT2D eigenvalue weighted by atomic mass is 79.9. The van der Waals surface area contributed by atoms with Gasteiger partial charge < -0.3 is 4.79 Å². The van der Waals surface area contributed by atoms with Crippen molar-refractivity contribution in [3.63, 3.8) is 0 Å². The van der Waals surface area contributed by atoms with Crippen LogP contribution in [0.25, 0.3) is 0 Å². The maximum absolute atomic E-state index is 10.7. The van der Waals surface area contributed by atoms with Gasteiger partial charge in [-0.05, 0) is 60.3 Å². The first-order valence-electron chi connectivity index (χ1n) is 6.86. The summed E-state index contributed by atoms with van der Waals surface area (Å²) in [7, 11) is 0. The van der Waals surface area contributed by atoms with Crippen LogP contribution in [0.1, 0.15) is 52.4 Å². The molecular formula is C15H23BrO. The van der Waals surface area contributed by atoms with Crippen LogP contribution in [0.15, 0.2) is 10.6 Å². The minimum absolute atomic E-state index is 0.445. The number of carbonyl (C=O) groups excluding carboxylic acids is 1. The summed E-state index contributed by atoms with van der Waals surface area (Å²) >= 11 is 3.54. The third-order valence-corrected chi connectivity index (χ3v) is 5.92. The van der Waals surface area contributed by atoms with Crippen molar-refractivity contribution in [3.05, 3.63) is 10.6 Å². The van der Waals surface area contributed by atoms with Crippen molar-refractivity contribution in [1.29, 1.82) is 0 Å². The Balaban J connectivity index is 2.20. The molecule has 0 heterocycles. The number of aldehydes is 1. The van der Waals surface area contributed by atoms with E-state index in [-0.39, 0.29) is 0 Å². The largest absolute Gasteiger partial charge is 0.303 e. The van der Waals surface area contributed by atoms with E-state index in [0.29, 0.717) is 11.3 Å². The first kappa shape index (κ1) is 13.3. The maximum Gasteiger partial charge on any atom is 0.120 e. The van der Waals surface area contributed by atoms with Gasteiger partial charge in [0, 0.05) is 6.42 Å². The highest BCUT2D eigenvalue weighted by molar-refractivity contribution is 9.11. The molecule has 2 aliphatic carbocycles. The summed E-state index contributed by atoms with van der Waals surface area (Å²) in [6.45, 7) is 4.73. The lowest BCUT2D eigenvalue weighted by molar-refractivity contribution is -0.109. The van der Waals surface area contributed by atoms with E-state index < -0.39 is 0 Å². The van der Waals surface area contributed by atoms with E-state index in [1.165, 1.54) is 32.1 Å². The Morgan fingerprint density at radius 2 is 2.29 bits per heavy atom. The second-order valence-corrected chi connectivity index (χ2v) is 6.62. The quantitative estimate of drug-likeness (QED) is 0.690. The molecule has 96 valence electrons. The Morgan fingerprint density at radius 3 is 2.94 bits per heavy atom. The summed E-state index contributed by atoms with van der Waals surface area (Å²) < 4.78 is 0. The fraction of sp³-hybridized carbons (Fsp3) is 0.800. The van der Waals surface area contributed by atoms with E-state index in [1.54, 1.807) is 5.57 Å². The van der Waals surface area contributed by atoms with Crippen molar-refractivity contribution in [2.24, 2.45) is 23.2 Å². The molecule has 0 N–H and O–H groups in total. The molecule has 0 spiro atoms. The van der Waals surface area contributed by atoms with Crippen molar-refractivity contribution in [2.75, 3.05) is 0 Å². The highest BCUT2D eigenvalue weighted by Gasteiger charge is 2.50. The summed E-state index contributed by atoms with van der Waals surface area (Å²) in [5, 5.41) is 0. The average Bonchev–Trinajstić information content (AvgIpc) is 2.66. The van der Waals surface area contributed by atoms with Gasteiger partial charge >= 0.3 is 0 Å². The van der Waals surface area contributed by atoms with Crippen LogP contribution >= 0.6 is 15.9 Å². The number of carbonyl (C=O) groups is 1. The Bertz CT molecular complexity index is 323. The molecule has 2 saturated carbocycles. The van der Waals surface area contributed by atoms with Crippen molar-refractivity contribution < 1.29 is 4.79 Å². The zero-order valence-corrected chi connectivity index (χ0v) is 12.5. The molecule has 2 fully saturated rings. The van der Waals surface area contributed by atoms with Gasteiger partial charge in [-0.2, -0.15) is 0 Å². The summed E-state index contributed by atoms with van der Waals surface area (Å²) in [6, 6.07) is 0. The van der Waals surface area contributed by atoms with E-state index in [9.17, 15) is 4.79 Å². The Hall–Kier alpha value is -0.110. The standard InChI is InChI=1S/C15H23BrO/c1-11(7-9-17)13-5-6-14-12(10-16)4-3-8-15(13,14)2/h9-11,13-14H,3-8H2,1-2H3/t11-,13-,14?,15+/m1/s1. The third-order valence-electron chi connectivity index (χ3n) is 5.33. The van der Waals surface area contributed by atoms with Crippen LogP contribution < -0.4 is 0 Å². The first-order valence-corrected chi connectivity index (χ1v) is 7.78. The van der Waals surface area contributed by atoms with Crippen LogP contribution in [0.2, 0.25) is 0 Å². The number of hydrogen-bond donors (Lipinski definition) is 0. The van der Waals surface area contributed by atoms with Crippen LogP contribution in [0.3, 0.4) is 0 Å².